The maximum Gasteiger partial charge on any atom is 0.260 e. The van der Waals surface area contributed by atoms with Gasteiger partial charge in [0.15, 0.2) is 16.6 Å². The highest BCUT2D eigenvalue weighted by atomic mass is 35.5. The second-order valence-electron chi connectivity index (χ2n) is 6.59. The minimum atomic E-state index is -0.203. The number of ether oxygens (including phenoxy) is 2. The molecule has 146 valence electrons. The van der Waals surface area contributed by atoms with Crippen molar-refractivity contribution in [2.75, 3.05) is 38.9 Å². The number of halogens is 2. The van der Waals surface area contributed by atoms with Gasteiger partial charge in [-0.2, -0.15) is 0 Å². The number of aromatic nitrogens is 1. The van der Waals surface area contributed by atoms with Crippen molar-refractivity contribution >= 4 is 55.8 Å². The van der Waals surface area contributed by atoms with E-state index >= 15 is 0 Å². The fourth-order valence-electron chi connectivity index (χ4n) is 2.84. The first-order chi connectivity index (χ1) is 13.4. The fourth-order valence-corrected chi connectivity index (χ4v) is 4.36. The smallest absolute Gasteiger partial charge is 0.260 e. The SMILES string of the molecule is CN(C)CCN(C(=O)c1cc(Cl)cc(Cl)c1)c1nc2cc3c(cc2s1)OCO3. The van der Waals surface area contributed by atoms with Crippen LogP contribution in [-0.2, 0) is 0 Å². The van der Waals surface area contributed by atoms with Gasteiger partial charge in [-0.15, -0.1) is 0 Å². The lowest BCUT2D eigenvalue weighted by molar-refractivity contribution is 0.0985. The van der Waals surface area contributed by atoms with Crippen LogP contribution in [0.2, 0.25) is 10.0 Å². The molecule has 0 fully saturated rings. The molecule has 0 unspecified atom stereocenters. The first-order valence-electron chi connectivity index (χ1n) is 8.53. The molecule has 1 aliphatic heterocycles. The monoisotopic (exact) mass is 437 g/mol. The van der Waals surface area contributed by atoms with Crippen LogP contribution in [0.15, 0.2) is 30.3 Å². The lowest BCUT2D eigenvalue weighted by Gasteiger charge is -2.22. The number of rotatable bonds is 5. The average molecular weight is 438 g/mol. The van der Waals surface area contributed by atoms with E-state index in [1.165, 1.54) is 11.3 Å². The molecule has 4 rings (SSSR count). The Morgan fingerprint density at radius 1 is 1.07 bits per heavy atom. The van der Waals surface area contributed by atoms with Crippen LogP contribution in [-0.4, -0.2) is 49.8 Å². The predicted octanol–water partition coefficient (Wildman–Crippen LogP) is 4.54. The largest absolute Gasteiger partial charge is 0.454 e. The Labute approximate surface area is 176 Å². The number of thiazole rings is 1. The molecule has 9 heteroatoms. The maximum absolute atomic E-state index is 13.2. The molecule has 0 radical (unpaired) electrons. The maximum atomic E-state index is 13.2. The zero-order valence-electron chi connectivity index (χ0n) is 15.2. The van der Waals surface area contributed by atoms with Crippen molar-refractivity contribution < 1.29 is 14.3 Å². The number of hydrogen-bond donors (Lipinski definition) is 0. The van der Waals surface area contributed by atoms with E-state index in [0.717, 1.165) is 10.2 Å². The molecule has 0 saturated heterocycles. The molecule has 1 aliphatic rings. The summed E-state index contributed by atoms with van der Waals surface area (Å²) in [6.45, 7) is 1.36. The lowest BCUT2D eigenvalue weighted by atomic mass is 10.2. The van der Waals surface area contributed by atoms with Gasteiger partial charge in [-0.05, 0) is 32.3 Å². The van der Waals surface area contributed by atoms with Crippen molar-refractivity contribution in [3.63, 3.8) is 0 Å². The average Bonchev–Trinajstić information content (AvgIpc) is 3.24. The minimum absolute atomic E-state index is 0.203. The van der Waals surface area contributed by atoms with Crippen LogP contribution in [0, 0.1) is 0 Å². The van der Waals surface area contributed by atoms with Crippen molar-refractivity contribution in [1.82, 2.24) is 9.88 Å². The molecule has 3 aromatic rings. The van der Waals surface area contributed by atoms with Gasteiger partial charge in [0.25, 0.3) is 5.91 Å². The number of hydrogen-bond acceptors (Lipinski definition) is 6. The number of fused-ring (bicyclic) bond motifs is 2. The van der Waals surface area contributed by atoms with Gasteiger partial charge in [0.05, 0.1) is 10.2 Å². The summed E-state index contributed by atoms with van der Waals surface area (Å²) in [5.74, 6) is 1.15. The van der Waals surface area contributed by atoms with Crippen molar-refractivity contribution in [3.05, 3.63) is 45.9 Å². The Balaban J connectivity index is 1.73. The van der Waals surface area contributed by atoms with E-state index in [4.69, 9.17) is 32.7 Å². The van der Waals surface area contributed by atoms with Crippen LogP contribution >= 0.6 is 34.5 Å². The molecule has 6 nitrogen and oxygen atoms in total. The predicted molar refractivity (Wildman–Crippen MR) is 112 cm³/mol. The normalized spacial score (nSPS) is 12.8. The standard InChI is InChI=1S/C19H17Cl2N3O3S/c1-23(2)3-4-24(18(25)11-5-12(20)7-13(21)6-11)19-22-14-8-15-16(27-10-26-15)9-17(14)28-19/h5-9H,3-4,10H2,1-2H3. The van der Waals surface area contributed by atoms with E-state index in [1.54, 1.807) is 23.1 Å². The Kier molecular flexibility index (Phi) is 5.33. The molecule has 2 heterocycles. The van der Waals surface area contributed by atoms with E-state index in [-0.39, 0.29) is 12.7 Å². The highest BCUT2D eigenvalue weighted by molar-refractivity contribution is 7.22. The van der Waals surface area contributed by atoms with Gasteiger partial charge in [-0.3, -0.25) is 9.69 Å². The Morgan fingerprint density at radius 3 is 2.43 bits per heavy atom. The summed E-state index contributed by atoms with van der Waals surface area (Å²) in [6.07, 6.45) is 0. The quantitative estimate of drug-likeness (QED) is 0.586. The molecule has 1 aromatic heterocycles. The third-order valence-corrected chi connectivity index (χ3v) is 5.71. The van der Waals surface area contributed by atoms with E-state index in [9.17, 15) is 4.79 Å². The molecule has 0 spiro atoms. The number of nitrogens with zero attached hydrogens (tertiary/aromatic N) is 3. The van der Waals surface area contributed by atoms with Crippen LogP contribution in [0.4, 0.5) is 5.13 Å². The second kappa shape index (κ2) is 7.75. The van der Waals surface area contributed by atoms with Gasteiger partial charge in [0.1, 0.15) is 0 Å². The van der Waals surface area contributed by atoms with Gasteiger partial charge in [-0.25, -0.2) is 4.98 Å². The molecule has 0 atom stereocenters. The molecule has 2 aromatic carbocycles. The first kappa shape index (κ1) is 19.3. The number of amides is 1. The zero-order valence-corrected chi connectivity index (χ0v) is 17.6. The van der Waals surface area contributed by atoms with E-state index < -0.39 is 0 Å². The van der Waals surface area contributed by atoms with Gasteiger partial charge < -0.3 is 14.4 Å². The van der Waals surface area contributed by atoms with Crippen molar-refractivity contribution in [3.8, 4) is 11.5 Å². The Morgan fingerprint density at radius 2 is 1.75 bits per heavy atom. The summed E-state index contributed by atoms with van der Waals surface area (Å²) >= 11 is 13.6. The van der Waals surface area contributed by atoms with Crippen LogP contribution in [0.5, 0.6) is 11.5 Å². The summed E-state index contributed by atoms with van der Waals surface area (Å²) < 4.78 is 11.8. The highest BCUT2D eigenvalue weighted by Crippen LogP contribution is 2.40. The number of carbonyl (C=O) groups excluding carboxylic acids is 1. The molecule has 1 amide bonds. The van der Waals surface area contributed by atoms with Crippen LogP contribution in [0.3, 0.4) is 0 Å². The number of likely N-dealkylation sites (N-methyl/N-ethyl adjacent to an activating group) is 1. The first-order valence-corrected chi connectivity index (χ1v) is 10.1. The Hall–Kier alpha value is -2.06. The lowest BCUT2D eigenvalue weighted by Crippen LogP contribution is -2.36. The van der Waals surface area contributed by atoms with Gasteiger partial charge in [0.2, 0.25) is 6.79 Å². The van der Waals surface area contributed by atoms with Crippen molar-refractivity contribution in [1.29, 1.82) is 0 Å². The summed E-state index contributed by atoms with van der Waals surface area (Å²) in [5, 5.41) is 1.43. The number of benzene rings is 2. The third-order valence-electron chi connectivity index (χ3n) is 4.23. The van der Waals surface area contributed by atoms with Crippen LogP contribution in [0.25, 0.3) is 10.2 Å². The molecular weight excluding hydrogens is 421 g/mol. The molecule has 0 saturated carbocycles. The second-order valence-corrected chi connectivity index (χ2v) is 8.47. The summed E-state index contributed by atoms with van der Waals surface area (Å²) in [7, 11) is 3.91. The van der Waals surface area contributed by atoms with Crippen molar-refractivity contribution in [2.24, 2.45) is 0 Å². The molecule has 28 heavy (non-hydrogen) atoms. The van der Waals surface area contributed by atoms with E-state index in [1.807, 2.05) is 31.1 Å². The van der Waals surface area contributed by atoms with Crippen LogP contribution < -0.4 is 14.4 Å². The molecule has 0 N–H and O–H groups in total. The van der Waals surface area contributed by atoms with Gasteiger partial charge in [0, 0.05) is 40.8 Å². The summed E-state index contributed by atoms with van der Waals surface area (Å²) in [6, 6.07) is 8.55. The topological polar surface area (TPSA) is 54.9 Å². The van der Waals surface area contributed by atoms with Crippen molar-refractivity contribution in [2.45, 2.75) is 0 Å². The summed E-state index contributed by atoms with van der Waals surface area (Å²) in [4.78, 5) is 21.6. The van der Waals surface area contributed by atoms with Crippen LogP contribution in [0.1, 0.15) is 10.4 Å². The zero-order chi connectivity index (χ0) is 19.8. The molecule has 0 bridgehead atoms. The van der Waals surface area contributed by atoms with E-state index in [2.05, 4.69) is 4.98 Å². The van der Waals surface area contributed by atoms with Gasteiger partial charge >= 0.3 is 0 Å². The summed E-state index contributed by atoms with van der Waals surface area (Å²) in [5.41, 5.74) is 1.18. The number of carbonyl (C=O) groups is 1. The minimum Gasteiger partial charge on any atom is -0.454 e. The highest BCUT2D eigenvalue weighted by Gasteiger charge is 2.24. The molecule has 0 aliphatic carbocycles. The van der Waals surface area contributed by atoms with E-state index in [0.29, 0.717) is 45.3 Å². The fraction of sp³-hybridized carbons (Fsp3) is 0.263. The number of anilines is 1. The third kappa shape index (κ3) is 3.89. The van der Waals surface area contributed by atoms with Gasteiger partial charge in [-0.1, -0.05) is 34.5 Å². The molecular formula is C19H17Cl2N3O3S. The Bertz CT molecular complexity index is 993.